The molecule has 0 aromatic heterocycles. The number of rotatable bonds is 3. The number of hydrogen-bond donors (Lipinski definition) is 3. The van der Waals surface area contributed by atoms with Gasteiger partial charge < -0.3 is 15.5 Å². The van der Waals surface area contributed by atoms with E-state index >= 15 is 0 Å². The third kappa shape index (κ3) is 3.61. The molecule has 1 aromatic rings. The van der Waals surface area contributed by atoms with E-state index in [2.05, 4.69) is 5.32 Å². The van der Waals surface area contributed by atoms with E-state index in [0.29, 0.717) is 10.0 Å². The number of aliphatic hydroxyl groups is 2. The highest BCUT2D eigenvalue weighted by Crippen LogP contribution is 2.34. The standard InChI is InChI=1S/C14H19Cl2NO2/c15-12-4-3-9(6-13(12)16)11-7-17-5-1-2-10(11)14(19)8-18/h3-4,6,10-11,14,17-19H,1-2,5,7-8H2/t10?,11-,14?/m0/s1. The number of hydrogen-bond acceptors (Lipinski definition) is 3. The summed E-state index contributed by atoms with van der Waals surface area (Å²) >= 11 is 12.0. The molecule has 1 fully saturated rings. The van der Waals surface area contributed by atoms with Gasteiger partial charge >= 0.3 is 0 Å². The second kappa shape index (κ2) is 6.91. The molecule has 3 nitrogen and oxygen atoms in total. The van der Waals surface area contributed by atoms with E-state index in [1.165, 1.54) is 0 Å². The van der Waals surface area contributed by atoms with Crippen molar-refractivity contribution in [2.45, 2.75) is 24.9 Å². The average molecular weight is 304 g/mol. The van der Waals surface area contributed by atoms with Crippen LogP contribution in [0.15, 0.2) is 18.2 Å². The van der Waals surface area contributed by atoms with Gasteiger partial charge in [-0.2, -0.15) is 0 Å². The highest BCUT2D eigenvalue weighted by atomic mass is 35.5. The topological polar surface area (TPSA) is 52.5 Å². The molecule has 1 saturated heterocycles. The third-order valence-electron chi connectivity index (χ3n) is 3.83. The van der Waals surface area contributed by atoms with Crippen LogP contribution >= 0.6 is 23.2 Å². The molecular weight excluding hydrogens is 285 g/mol. The molecule has 2 unspecified atom stereocenters. The van der Waals surface area contributed by atoms with Crippen LogP contribution in [0.3, 0.4) is 0 Å². The van der Waals surface area contributed by atoms with E-state index in [1.807, 2.05) is 12.1 Å². The molecule has 106 valence electrons. The number of halogens is 2. The molecule has 5 heteroatoms. The van der Waals surface area contributed by atoms with Gasteiger partial charge in [-0.05, 0) is 43.0 Å². The van der Waals surface area contributed by atoms with Crippen LogP contribution in [0, 0.1) is 5.92 Å². The molecule has 3 atom stereocenters. The van der Waals surface area contributed by atoms with Crippen LogP contribution in [0.2, 0.25) is 10.0 Å². The predicted octanol–water partition coefficient (Wildman–Crippen LogP) is 2.43. The molecule has 2 rings (SSSR count). The van der Waals surface area contributed by atoms with Crippen molar-refractivity contribution in [2.24, 2.45) is 5.92 Å². The Morgan fingerprint density at radius 3 is 2.79 bits per heavy atom. The Hall–Kier alpha value is -0.320. The first-order valence-electron chi connectivity index (χ1n) is 6.58. The molecule has 1 aromatic carbocycles. The van der Waals surface area contributed by atoms with Crippen molar-refractivity contribution in [3.05, 3.63) is 33.8 Å². The Bertz CT molecular complexity index is 428. The largest absolute Gasteiger partial charge is 0.394 e. The summed E-state index contributed by atoms with van der Waals surface area (Å²) in [6.07, 6.45) is 1.19. The Balaban J connectivity index is 2.28. The normalized spacial score (nSPS) is 25.9. The van der Waals surface area contributed by atoms with Crippen LogP contribution in [0.25, 0.3) is 0 Å². The zero-order chi connectivity index (χ0) is 13.8. The average Bonchev–Trinajstić information content (AvgIpc) is 2.66. The van der Waals surface area contributed by atoms with E-state index in [-0.39, 0.29) is 18.4 Å². The zero-order valence-electron chi connectivity index (χ0n) is 10.6. The van der Waals surface area contributed by atoms with E-state index in [9.17, 15) is 10.2 Å². The summed E-state index contributed by atoms with van der Waals surface area (Å²) in [4.78, 5) is 0. The molecule has 0 amide bonds. The first-order chi connectivity index (χ1) is 9.13. The lowest BCUT2D eigenvalue weighted by atomic mass is 9.80. The summed E-state index contributed by atoms with van der Waals surface area (Å²) in [5.74, 6) is 0.177. The van der Waals surface area contributed by atoms with E-state index in [1.54, 1.807) is 6.07 Å². The molecule has 1 heterocycles. The highest BCUT2D eigenvalue weighted by Gasteiger charge is 2.30. The van der Waals surface area contributed by atoms with Crippen LogP contribution in [0.4, 0.5) is 0 Å². The maximum atomic E-state index is 10.0. The van der Waals surface area contributed by atoms with E-state index in [4.69, 9.17) is 23.2 Å². The van der Waals surface area contributed by atoms with Gasteiger partial charge in [0.15, 0.2) is 0 Å². The molecule has 0 radical (unpaired) electrons. The quantitative estimate of drug-likeness (QED) is 0.804. The first kappa shape index (κ1) is 15.1. The van der Waals surface area contributed by atoms with Crippen LogP contribution < -0.4 is 5.32 Å². The Morgan fingerprint density at radius 1 is 1.32 bits per heavy atom. The van der Waals surface area contributed by atoms with Gasteiger partial charge in [-0.3, -0.25) is 0 Å². The van der Waals surface area contributed by atoms with Gasteiger partial charge in [-0.1, -0.05) is 29.3 Å². The molecular formula is C14H19Cl2NO2. The molecule has 19 heavy (non-hydrogen) atoms. The summed E-state index contributed by atoms with van der Waals surface area (Å²) in [7, 11) is 0. The Kier molecular flexibility index (Phi) is 5.48. The molecule has 0 saturated carbocycles. The van der Waals surface area contributed by atoms with Crippen molar-refractivity contribution >= 4 is 23.2 Å². The minimum atomic E-state index is -0.695. The lowest BCUT2D eigenvalue weighted by Gasteiger charge is -2.29. The van der Waals surface area contributed by atoms with Crippen LogP contribution in [-0.2, 0) is 0 Å². The fourth-order valence-corrected chi connectivity index (χ4v) is 3.08. The van der Waals surface area contributed by atoms with Crippen LogP contribution in [0.1, 0.15) is 24.3 Å². The minimum absolute atomic E-state index is 0.0391. The Morgan fingerprint density at radius 2 is 2.11 bits per heavy atom. The fraction of sp³-hybridized carbons (Fsp3) is 0.571. The lowest BCUT2D eigenvalue weighted by Crippen LogP contribution is -2.32. The SMILES string of the molecule is OCC(O)C1CCCNC[C@H]1c1ccc(Cl)c(Cl)c1. The van der Waals surface area contributed by atoms with Crippen molar-refractivity contribution in [3.8, 4) is 0 Å². The molecule has 3 N–H and O–H groups in total. The van der Waals surface area contributed by atoms with Gasteiger partial charge in [0.05, 0.1) is 22.8 Å². The van der Waals surface area contributed by atoms with Crippen LogP contribution in [0.5, 0.6) is 0 Å². The molecule has 1 aliphatic rings. The lowest BCUT2D eigenvalue weighted by molar-refractivity contribution is 0.0348. The highest BCUT2D eigenvalue weighted by molar-refractivity contribution is 6.42. The summed E-state index contributed by atoms with van der Waals surface area (Å²) in [5, 5.41) is 23.7. The smallest absolute Gasteiger partial charge is 0.0805 e. The van der Waals surface area contributed by atoms with Crippen molar-refractivity contribution in [1.82, 2.24) is 5.32 Å². The van der Waals surface area contributed by atoms with Gasteiger partial charge in [0.25, 0.3) is 0 Å². The van der Waals surface area contributed by atoms with E-state index in [0.717, 1.165) is 31.5 Å². The molecule has 0 aliphatic carbocycles. The van der Waals surface area contributed by atoms with Crippen molar-refractivity contribution in [1.29, 1.82) is 0 Å². The Labute approximate surface area is 123 Å². The summed E-state index contributed by atoms with van der Waals surface area (Å²) in [6.45, 7) is 1.51. The maximum Gasteiger partial charge on any atom is 0.0805 e. The molecule has 0 spiro atoms. The zero-order valence-corrected chi connectivity index (χ0v) is 12.2. The summed E-state index contributed by atoms with van der Waals surface area (Å²) in [5.41, 5.74) is 1.06. The second-order valence-corrected chi connectivity index (χ2v) is 5.85. The summed E-state index contributed by atoms with van der Waals surface area (Å²) in [6, 6.07) is 5.59. The van der Waals surface area contributed by atoms with Crippen molar-refractivity contribution in [2.75, 3.05) is 19.7 Å². The van der Waals surface area contributed by atoms with E-state index < -0.39 is 6.10 Å². The minimum Gasteiger partial charge on any atom is -0.394 e. The van der Waals surface area contributed by atoms with Crippen molar-refractivity contribution < 1.29 is 10.2 Å². The molecule has 1 aliphatic heterocycles. The number of aliphatic hydroxyl groups excluding tert-OH is 2. The maximum absolute atomic E-state index is 10.0. The first-order valence-corrected chi connectivity index (χ1v) is 7.33. The monoisotopic (exact) mass is 303 g/mol. The predicted molar refractivity (Wildman–Crippen MR) is 77.9 cm³/mol. The van der Waals surface area contributed by atoms with Crippen LogP contribution in [-0.4, -0.2) is 36.0 Å². The van der Waals surface area contributed by atoms with Gasteiger partial charge in [0.1, 0.15) is 0 Å². The van der Waals surface area contributed by atoms with Gasteiger partial charge in [-0.15, -0.1) is 0 Å². The van der Waals surface area contributed by atoms with Gasteiger partial charge in [-0.25, -0.2) is 0 Å². The number of nitrogens with one attached hydrogen (secondary N) is 1. The second-order valence-electron chi connectivity index (χ2n) is 5.04. The summed E-state index contributed by atoms with van der Waals surface area (Å²) < 4.78 is 0. The number of benzene rings is 1. The third-order valence-corrected chi connectivity index (χ3v) is 4.56. The fourth-order valence-electron chi connectivity index (χ4n) is 2.78. The molecule has 0 bridgehead atoms. The van der Waals surface area contributed by atoms with Gasteiger partial charge in [0, 0.05) is 12.5 Å². The van der Waals surface area contributed by atoms with Crippen molar-refractivity contribution in [3.63, 3.8) is 0 Å². The van der Waals surface area contributed by atoms with Gasteiger partial charge in [0.2, 0.25) is 0 Å².